The van der Waals surface area contributed by atoms with Crippen LogP contribution in [0, 0.1) is 0 Å². The predicted octanol–water partition coefficient (Wildman–Crippen LogP) is 2.24. The van der Waals surface area contributed by atoms with E-state index >= 15 is 0 Å². The third kappa shape index (κ3) is 1.95. The number of hydrogen-bond acceptors (Lipinski definition) is 5. The molecule has 0 aliphatic carbocycles. The van der Waals surface area contributed by atoms with Crippen LogP contribution < -0.4 is 19.1 Å². The van der Waals surface area contributed by atoms with Crippen LogP contribution in [0.15, 0.2) is 36.5 Å². The monoisotopic (exact) mass is 298 g/mol. The number of rotatable bonds is 1. The molecule has 1 unspecified atom stereocenters. The zero-order valence-electron chi connectivity index (χ0n) is 12.0. The lowest BCUT2D eigenvalue weighted by atomic mass is 10.1. The summed E-state index contributed by atoms with van der Waals surface area (Å²) in [7, 11) is 0. The first-order chi connectivity index (χ1) is 10.7. The minimum atomic E-state index is -0.147. The molecule has 2 aliphatic heterocycles. The number of benzene rings is 1. The molecule has 3 heterocycles. The van der Waals surface area contributed by atoms with Crippen LogP contribution in [0.1, 0.15) is 17.3 Å². The fraction of sp³-hybridized carbons (Fsp3) is 0.250. The number of nitrogens with zero attached hydrogens (tertiary/aromatic N) is 2. The maximum Gasteiger partial charge on any atom is 0.262 e. The Kier molecular flexibility index (Phi) is 2.89. The highest BCUT2D eigenvalue weighted by Crippen LogP contribution is 2.38. The number of hydrogen-bond donors (Lipinski definition) is 0. The second-order valence-electron chi connectivity index (χ2n) is 5.21. The van der Waals surface area contributed by atoms with Gasteiger partial charge in [0.1, 0.15) is 11.8 Å². The van der Waals surface area contributed by atoms with Gasteiger partial charge in [-0.3, -0.25) is 9.69 Å². The summed E-state index contributed by atoms with van der Waals surface area (Å²) in [5.41, 5.74) is 1.15. The lowest BCUT2D eigenvalue weighted by Crippen LogP contribution is -2.42. The topological polar surface area (TPSA) is 60.9 Å². The molecule has 0 spiro atoms. The maximum absolute atomic E-state index is 13.0. The van der Waals surface area contributed by atoms with Gasteiger partial charge < -0.3 is 14.2 Å². The standard InChI is InChI=1S/C16H14N2O4/c1-10-8-18(12-5-3-7-17-15(12)22-10)16(19)11-4-2-6-13-14(11)21-9-20-13/h2-7,10H,8-9H2,1H3. The van der Waals surface area contributed by atoms with E-state index in [-0.39, 0.29) is 18.8 Å². The number of ether oxygens (including phenoxy) is 3. The van der Waals surface area contributed by atoms with Gasteiger partial charge in [-0.1, -0.05) is 6.07 Å². The van der Waals surface area contributed by atoms with Crippen molar-refractivity contribution in [3.05, 3.63) is 42.1 Å². The van der Waals surface area contributed by atoms with E-state index in [0.29, 0.717) is 35.2 Å². The van der Waals surface area contributed by atoms with Gasteiger partial charge in [-0.2, -0.15) is 0 Å². The highest BCUT2D eigenvalue weighted by Gasteiger charge is 2.32. The number of fused-ring (bicyclic) bond motifs is 2. The quantitative estimate of drug-likeness (QED) is 0.808. The summed E-state index contributed by atoms with van der Waals surface area (Å²) in [5, 5.41) is 0. The average molecular weight is 298 g/mol. The zero-order chi connectivity index (χ0) is 15.1. The van der Waals surface area contributed by atoms with Crippen LogP contribution in [0.2, 0.25) is 0 Å². The largest absolute Gasteiger partial charge is 0.471 e. The Bertz CT molecular complexity index is 747. The molecule has 112 valence electrons. The van der Waals surface area contributed by atoms with Crippen LogP contribution >= 0.6 is 0 Å². The number of pyridine rings is 1. The number of anilines is 1. The summed E-state index contributed by atoms with van der Waals surface area (Å²) < 4.78 is 16.5. The summed E-state index contributed by atoms with van der Waals surface area (Å²) in [6.07, 6.45) is 1.52. The molecule has 4 rings (SSSR count). The van der Waals surface area contributed by atoms with E-state index < -0.39 is 0 Å². The number of carbonyl (C=O) groups is 1. The summed E-state index contributed by atoms with van der Waals surface area (Å²) in [5.74, 6) is 1.42. The van der Waals surface area contributed by atoms with Gasteiger partial charge in [-0.05, 0) is 31.2 Å². The number of aromatic nitrogens is 1. The molecule has 0 bridgehead atoms. The molecule has 0 saturated heterocycles. The molecule has 6 nitrogen and oxygen atoms in total. The van der Waals surface area contributed by atoms with Crippen molar-refractivity contribution in [3.63, 3.8) is 0 Å². The van der Waals surface area contributed by atoms with Gasteiger partial charge >= 0.3 is 0 Å². The van der Waals surface area contributed by atoms with Gasteiger partial charge in [0.25, 0.3) is 5.91 Å². The van der Waals surface area contributed by atoms with Crippen molar-refractivity contribution in [2.75, 3.05) is 18.2 Å². The van der Waals surface area contributed by atoms with Crippen LogP contribution in [-0.4, -0.2) is 30.3 Å². The van der Waals surface area contributed by atoms with E-state index in [2.05, 4.69) is 4.98 Å². The third-order valence-corrected chi connectivity index (χ3v) is 3.67. The molecule has 0 N–H and O–H groups in total. The molecule has 0 saturated carbocycles. The Balaban J connectivity index is 1.77. The number of carbonyl (C=O) groups excluding carboxylic acids is 1. The van der Waals surface area contributed by atoms with Crippen molar-refractivity contribution >= 4 is 11.6 Å². The summed E-state index contributed by atoms with van der Waals surface area (Å²) in [4.78, 5) is 18.8. The Hall–Kier alpha value is -2.76. The Morgan fingerprint density at radius 3 is 3.09 bits per heavy atom. The molecule has 0 fully saturated rings. The van der Waals surface area contributed by atoms with Crippen LogP contribution in [0.25, 0.3) is 0 Å². The maximum atomic E-state index is 13.0. The van der Waals surface area contributed by atoms with E-state index in [1.165, 1.54) is 0 Å². The molecule has 2 aliphatic rings. The van der Waals surface area contributed by atoms with Gasteiger partial charge in [-0.15, -0.1) is 0 Å². The lowest BCUT2D eigenvalue weighted by Gasteiger charge is -2.32. The van der Waals surface area contributed by atoms with Gasteiger partial charge in [0.15, 0.2) is 11.5 Å². The lowest BCUT2D eigenvalue weighted by molar-refractivity contribution is 0.0954. The van der Waals surface area contributed by atoms with E-state index in [9.17, 15) is 4.79 Å². The van der Waals surface area contributed by atoms with E-state index in [1.807, 2.05) is 13.0 Å². The Morgan fingerprint density at radius 2 is 2.18 bits per heavy atom. The first kappa shape index (κ1) is 12.9. The SMILES string of the molecule is CC1CN(C(=O)c2cccc3c2OCO3)c2cccnc2O1. The molecule has 1 aromatic carbocycles. The van der Waals surface area contributed by atoms with Gasteiger partial charge in [0.2, 0.25) is 12.7 Å². The predicted molar refractivity (Wildman–Crippen MR) is 78.6 cm³/mol. The molecule has 6 heteroatoms. The number of amides is 1. The third-order valence-electron chi connectivity index (χ3n) is 3.67. The molecular weight excluding hydrogens is 284 g/mol. The molecule has 22 heavy (non-hydrogen) atoms. The molecule has 0 radical (unpaired) electrons. The Labute approximate surface area is 127 Å². The average Bonchev–Trinajstić information content (AvgIpc) is 3.02. The van der Waals surface area contributed by atoms with Crippen molar-refractivity contribution in [1.29, 1.82) is 0 Å². The zero-order valence-corrected chi connectivity index (χ0v) is 12.0. The van der Waals surface area contributed by atoms with E-state index in [0.717, 1.165) is 0 Å². The van der Waals surface area contributed by atoms with Crippen molar-refractivity contribution in [2.24, 2.45) is 0 Å². The second-order valence-corrected chi connectivity index (χ2v) is 5.21. The molecule has 1 atom stereocenters. The number of para-hydroxylation sites is 1. The van der Waals surface area contributed by atoms with E-state index in [1.54, 1.807) is 35.4 Å². The van der Waals surface area contributed by atoms with Gasteiger partial charge in [0.05, 0.1) is 12.1 Å². The van der Waals surface area contributed by atoms with Crippen molar-refractivity contribution in [3.8, 4) is 17.4 Å². The van der Waals surface area contributed by atoms with Crippen molar-refractivity contribution in [2.45, 2.75) is 13.0 Å². The highest BCUT2D eigenvalue weighted by molar-refractivity contribution is 6.09. The van der Waals surface area contributed by atoms with E-state index in [4.69, 9.17) is 14.2 Å². The summed E-state index contributed by atoms with van der Waals surface area (Å²) >= 11 is 0. The first-order valence-electron chi connectivity index (χ1n) is 7.06. The normalized spacial score (nSPS) is 18.6. The molecule has 2 aromatic rings. The fourth-order valence-corrected chi connectivity index (χ4v) is 2.70. The van der Waals surface area contributed by atoms with Crippen molar-refractivity contribution < 1.29 is 19.0 Å². The molecule has 1 amide bonds. The summed E-state index contributed by atoms with van der Waals surface area (Å²) in [6.45, 7) is 2.51. The second kappa shape index (κ2) is 4.91. The van der Waals surface area contributed by atoms with Crippen LogP contribution in [0.4, 0.5) is 5.69 Å². The van der Waals surface area contributed by atoms with Crippen molar-refractivity contribution in [1.82, 2.24) is 4.98 Å². The molecule has 1 aromatic heterocycles. The van der Waals surface area contributed by atoms with Crippen LogP contribution in [0.5, 0.6) is 17.4 Å². The summed E-state index contributed by atoms with van der Waals surface area (Å²) in [6, 6.07) is 8.93. The first-order valence-corrected chi connectivity index (χ1v) is 7.06. The Morgan fingerprint density at radius 1 is 1.27 bits per heavy atom. The minimum Gasteiger partial charge on any atom is -0.471 e. The van der Waals surface area contributed by atoms with Gasteiger partial charge in [0, 0.05) is 6.20 Å². The van der Waals surface area contributed by atoms with Gasteiger partial charge in [-0.25, -0.2) is 4.98 Å². The highest BCUT2D eigenvalue weighted by atomic mass is 16.7. The van der Waals surface area contributed by atoms with Crippen LogP contribution in [0.3, 0.4) is 0 Å². The minimum absolute atomic E-state index is 0.125. The fourth-order valence-electron chi connectivity index (χ4n) is 2.70. The smallest absolute Gasteiger partial charge is 0.262 e. The molecular formula is C16H14N2O4. The van der Waals surface area contributed by atoms with Crippen LogP contribution in [-0.2, 0) is 0 Å².